The molecule has 1 aromatic carbocycles. The standard InChI is InChI=1S/C21H25N3O/c25-21(20-9-5-13-24(20)19-10-11-19)23-16-14-22(15-17-23)12-4-8-18-6-2-1-3-7-18/h1-9,13,19H,10-12,14-17H2. The van der Waals surface area contributed by atoms with Gasteiger partial charge in [0.25, 0.3) is 5.91 Å². The van der Waals surface area contributed by atoms with Crippen molar-refractivity contribution < 1.29 is 4.79 Å². The Morgan fingerprint density at radius 3 is 2.48 bits per heavy atom. The van der Waals surface area contributed by atoms with E-state index < -0.39 is 0 Å². The van der Waals surface area contributed by atoms with Gasteiger partial charge in [0, 0.05) is 45.0 Å². The first-order chi connectivity index (χ1) is 12.3. The number of carbonyl (C=O) groups excluding carboxylic acids is 1. The van der Waals surface area contributed by atoms with Crippen LogP contribution >= 0.6 is 0 Å². The second-order valence-electron chi connectivity index (χ2n) is 6.94. The average Bonchev–Trinajstić information content (AvgIpc) is 3.39. The molecule has 4 rings (SSSR count). The van der Waals surface area contributed by atoms with Gasteiger partial charge in [-0.2, -0.15) is 0 Å². The molecule has 25 heavy (non-hydrogen) atoms. The Hall–Kier alpha value is -2.33. The lowest BCUT2D eigenvalue weighted by Gasteiger charge is -2.34. The number of carbonyl (C=O) groups is 1. The molecule has 4 heteroatoms. The van der Waals surface area contributed by atoms with Crippen LogP contribution < -0.4 is 0 Å². The molecule has 1 saturated heterocycles. The predicted molar refractivity (Wildman–Crippen MR) is 101 cm³/mol. The summed E-state index contributed by atoms with van der Waals surface area (Å²) >= 11 is 0. The first-order valence-corrected chi connectivity index (χ1v) is 9.21. The molecule has 4 nitrogen and oxygen atoms in total. The predicted octanol–water partition coefficient (Wildman–Crippen LogP) is 3.29. The van der Waals surface area contributed by atoms with Crippen LogP contribution in [0.2, 0.25) is 0 Å². The summed E-state index contributed by atoms with van der Waals surface area (Å²) in [6.07, 6.45) is 8.84. The minimum absolute atomic E-state index is 0.191. The van der Waals surface area contributed by atoms with E-state index in [9.17, 15) is 4.79 Å². The van der Waals surface area contributed by atoms with Gasteiger partial charge >= 0.3 is 0 Å². The molecule has 1 aliphatic heterocycles. The zero-order valence-corrected chi connectivity index (χ0v) is 14.6. The van der Waals surface area contributed by atoms with Crippen molar-refractivity contribution in [1.82, 2.24) is 14.4 Å². The second kappa shape index (κ2) is 7.28. The van der Waals surface area contributed by atoms with E-state index in [-0.39, 0.29) is 5.91 Å². The summed E-state index contributed by atoms with van der Waals surface area (Å²) in [5.74, 6) is 0.191. The highest BCUT2D eigenvalue weighted by Crippen LogP contribution is 2.36. The Balaban J connectivity index is 1.28. The first-order valence-electron chi connectivity index (χ1n) is 9.21. The lowest BCUT2D eigenvalue weighted by molar-refractivity contribution is 0.0639. The topological polar surface area (TPSA) is 28.5 Å². The van der Waals surface area contributed by atoms with Gasteiger partial charge in [0.1, 0.15) is 5.69 Å². The van der Waals surface area contributed by atoms with Crippen LogP contribution in [0.1, 0.15) is 34.9 Å². The highest BCUT2D eigenvalue weighted by molar-refractivity contribution is 5.93. The van der Waals surface area contributed by atoms with E-state index in [0.717, 1.165) is 38.4 Å². The van der Waals surface area contributed by atoms with Crippen molar-refractivity contribution in [2.75, 3.05) is 32.7 Å². The molecule has 1 amide bonds. The van der Waals surface area contributed by atoms with Crippen molar-refractivity contribution in [3.63, 3.8) is 0 Å². The third-order valence-corrected chi connectivity index (χ3v) is 5.07. The van der Waals surface area contributed by atoms with Crippen LogP contribution in [-0.4, -0.2) is 53.0 Å². The fraction of sp³-hybridized carbons (Fsp3) is 0.381. The maximum Gasteiger partial charge on any atom is 0.270 e. The quantitative estimate of drug-likeness (QED) is 0.839. The van der Waals surface area contributed by atoms with Gasteiger partial charge in [0.15, 0.2) is 0 Å². The first kappa shape index (κ1) is 16.2. The van der Waals surface area contributed by atoms with Gasteiger partial charge in [-0.3, -0.25) is 9.69 Å². The molecule has 0 spiro atoms. The van der Waals surface area contributed by atoms with E-state index in [4.69, 9.17) is 0 Å². The van der Waals surface area contributed by atoms with E-state index in [0.29, 0.717) is 6.04 Å². The number of amides is 1. The number of hydrogen-bond acceptors (Lipinski definition) is 2. The largest absolute Gasteiger partial charge is 0.340 e. The van der Waals surface area contributed by atoms with Gasteiger partial charge in [-0.05, 0) is 30.5 Å². The third-order valence-electron chi connectivity index (χ3n) is 5.07. The summed E-state index contributed by atoms with van der Waals surface area (Å²) < 4.78 is 2.16. The molecule has 2 aliphatic rings. The number of piperazine rings is 1. The number of hydrogen-bond donors (Lipinski definition) is 0. The number of benzene rings is 1. The Morgan fingerprint density at radius 2 is 1.76 bits per heavy atom. The molecule has 1 aliphatic carbocycles. The summed E-state index contributed by atoms with van der Waals surface area (Å²) in [6, 6.07) is 14.9. The van der Waals surface area contributed by atoms with Gasteiger partial charge in [-0.25, -0.2) is 0 Å². The van der Waals surface area contributed by atoms with E-state index in [1.807, 2.05) is 23.1 Å². The fourth-order valence-electron chi connectivity index (χ4n) is 3.44. The SMILES string of the molecule is O=C(c1cccn1C1CC1)N1CCN(CC=Cc2ccccc2)CC1. The van der Waals surface area contributed by atoms with Crippen molar-refractivity contribution in [3.8, 4) is 0 Å². The van der Waals surface area contributed by atoms with E-state index in [1.165, 1.54) is 18.4 Å². The van der Waals surface area contributed by atoms with Crippen LogP contribution in [0.15, 0.2) is 54.7 Å². The zero-order chi connectivity index (χ0) is 17.1. The van der Waals surface area contributed by atoms with Gasteiger partial charge in [0.2, 0.25) is 0 Å². The zero-order valence-electron chi connectivity index (χ0n) is 14.6. The van der Waals surface area contributed by atoms with E-state index in [2.05, 4.69) is 52.1 Å². The van der Waals surface area contributed by atoms with Crippen molar-refractivity contribution in [2.45, 2.75) is 18.9 Å². The van der Waals surface area contributed by atoms with Gasteiger partial charge in [-0.15, -0.1) is 0 Å². The van der Waals surface area contributed by atoms with Crippen LogP contribution in [0.25, 0.3) is 6.08 Å². The Morgan fingerprint density at radius 1 is 1.00 bits per heavy atom. The van der Waals surface area contributed by atoms with Crippen LogP contribution in [-0.2, 0) is 0 Å². The molecule has 1 aromatic heterocycles. The molecule has 130 valence electrons. The molecule has 0 radical (unpaired) electrons. The molecule has 1 saturated carbocycles. The Kier molecular flexibility index (Phi) is 4.70. The smallest absolute Gasteiger partial charge is 0.270 e. The van der Waals surface area contributed by atoms with Gasteiger partial charge in [-0.1, -0.05) is 42.5 Å². The monoisotopic (exact) mass is 335 g/mol. The van der Waals surface area contributed by atoms with Crippen LogP contribution in [0.4, 0.5) is 0 Å². The summed E-state index contributed by atoms with van der Waals surface area (Å²) in [4.78, 5) is 17.2. The molecule has 2 aromatic rings. The lowest BCUT2D eigenvalue weighted by atomic mass is 10.2. The fourth-order valence-corrected chi connectivity index (χ4v) is 3.44. The minimum Gasteiger partial charge on any atom is -0.340 e. The summed E-state index contributed by atoms with van der Waals surface area (Å²) in [5.41, 5.74) is 2.09. The maximum atomic E-state index is 12.8. The lowest BCUT2D eigenvalue weighted by Crippen LogP contribution is -2.48. The second-order valence-corrected chi connectivity index (χ2v) is 6.94. The molecular formula is C21H25N3O. The molecule has 0 atom stereocenters. The normalized spacial score (nSPS) is 18.8. The number of rotatable bonds is 5. The molecule has 0 bridgehead atoms. The Labute approximate surface area is 149 Å². The van der Waals surface area contributed by atoms with E-state index in [1.54, 1.807) is 0 Å². The molecular weight excluding hydrogens is 310 g/mol. The van der Waals surface area contributed by atoms with Gasteiger partial charge in [0.05, 0.1) is 0 Å². The third kappa shape index (κ3) is 3.85. The highest BCUT2D eigenvalue weighted by Gasteiger charge is 2.29. The molecule has 2 heterocycles. The average molecular weight is 335 g/mol. The molecule has 0 N–H and O–H groups in total. The van der Waals surface area contributed by atoms with E-state index >= 15 is 0 Å². The maximum absolute atomic E-state index is 12.8. The molecule has 2 fully saturated rings. The number of aromatic nitrogens is 1. The van der Waals surface area contributed by atoms with Crippen LogP contribution in [0, 0.1) is 0 Å². The van der Waals surface area contributed by atoms with Crippen LogP contribution in [0.3, 0.4) is 0 Å². The van der Waals surface area contributed by atoms with Gasteiger partial charge < -0.3 is 9.47 Å². The number of nitrogens with zero attached hydrogens (tertiary/aromatic N) is 3. The molecule has 0 unspecified atom stereocenters. The van der Waals surface area contributed by atoms with Crippen molar-refractivity contribution in [3.05, 3.63) is 66.0 Å². The Bertz CT molecular complexity index is 738. The highest BCUT2D eigenvalue weighted by atomic mass is 16.2. The summed E-state index contributed by atoms with van der Waals surface area (Å²) in [7, 11) is 0. The van der Waals surface area contributed by atoms with Crippen LogP contribution in [0.5, 0.6) is 0 Å². The summed E-state index contributed by atoms with van der Waals surface area (Å²) in [6.45, 7) is 4.45. The van der Waals surface area contributed by atoms with Crippen molar-refractivity contribution in [1.29, 1.82) is 0 Å². The summed E-state index contributed by atoms with van der Waals surface area (Å²) in [5, 5.41) is 0. The minimum atomic E-state index is 0.191. The van der Waals surface area contributed by atoms with Crippen molar-refractivity contribution >= 4 is 12.0 Å². The van der Waals surface area contributed by atoms with Crippen molar-refractivity contribution in [2.24, 2.45) is 0 Å².